The van der Waals surface area contributed by atoms with Crippen LogP contribution in [0, 0.1) is 5.82 Å². The van der Waals surface area contributed by atoms with Crippen LogP contribution in [0.5, 0.6) is 0 Å². The van der Waals surface area contributed by atoms with Crippen molar-refractivity contribution in [3.63, 3.8) is 0 Å². The molecule has 7 heteroatoms. The lowest BCUT2D eigenvalue weighted by Crippen LogP contribution is -2.51. The SMILES string of the molecule is CCNC(=NCC1CCCN1CCOC)N1CC(C)OC(c2ccc(F)cc2)C1. The van der Waals surface area contributed by atoms with Gasteiger partial charge in [-0.15, -0.1) is 0 Å². The third kappa shape index (κ3) is 6.14. The quantitative estimate of drug-likeness (QED) is 0.557. The molecule has 2 heterocycles. The minimum absolute atomic E-state index is 0.0762. The first-order valence-electron chi connectivity index (χ1n) is 10.8. The van der Waals surface area contributed by atoms with Crippen molar-refractivity contribution in [3.05, 3.63) is 35.6 Å². The molecule has 3 atom stereocenters. The molecular formula is C22H35FN4O2. The van der Waals surface area contributed by atoms with Gasteiger partial charge in [-0.2, -0.15) is 0 Å². The summed E-state index contributed by atoms with van der Waals surface area (Å²) in [7, 11) is 1.75. The van der Waals surface area contributed by atoms with Gasteiger partial charge < -0.3 is 19.7 Å². The molecule has 162 valence electrons. The summed E-state index contributed by atoms with van der Waals surface area (Å²) in [5.74, 6) is 0.715. The van der Waals surface area contributed by atoms with Crippen molar-refractivity contribution < 1.29 is 13.9 Å². The van der Waals surface area contributed by atoms with Gasteiger partial charge in [-0.1, -0.05) is 12.1 Å². The topological polar surface area (TPSA) is 49.3 Å². The lowest BCUT2D eigenvalue weighted by atomic mass is 10.1. The Balaban J connectivity index is 1.68. The van der Waals surface area contributed by atoms with E-state index in [1.807, 2.05) is 12.1 Å². The van der Waals surface area contributed by atoms with Gasteiger partial charge in [-0.25, -0.2) is 4.39 Å². The van der Waals surface area contributed by atoms with Crippen LogP contribution in [0.4, 0.5) is 4.39 Å². The van der Waals surface area contributed by atoms with Crippen LogP contribution in [0.1, 0.15) is 38.4 Å². The van der Waals surface area contributed by atoms with Crippen LogP contribution in [0.25, 0.3) is 0 Å². The molecule has 1 N–H and O–H groups in total. The van der Waals surface area contributed by atoms with E-state index in [4.69, 9.17) is 14.5 Å². The maximum Gasteiger partial charge on any atom is 0.194 e. The molecule has 0 spiro atoms. The fourth-order valence-corrected chi connectivity index (χ4v) is 4.21. The molecule has 2 aliphatic heterocycles. The predicted molar refractivity (Wildman–Crippen MR) is 114 cm³/mol. The second kappa shape index (κ2) is 10.9. The summed E-state index contributed by atoms with van der Waals surface area (Å²) in [6.45, 7) is 10.1. The maximum atomic E-state index is 13.3. The fraction of sp³-hybridized carbons (Fsp3) is 0.682. The number of hydrogen-bond donors (Lipinski definition) is 1. The standard InChI is InChI=1S/C22H35FN4O2/c1-4-24-22(25-14-20-6-5-11-26(20)12-13-28-3)27-15-17(2)29-21(16-27)18-7-9-19(23)10-8-18/h7-10,17,20-21H,4-6,11-16H2,1-3H3,(H,24,25). The number of methoxy groups -OCH3 is 1. The molecule has 1 aromatic rings. The van der Waals surface area contributed by atoms with Crippen molar-refractivity contribution in [2.24, 2.45) is 4.99 Å². The van der Waals surface area contributed by atoms with Crippen LogP contribution in [-0.2, 0) is 9.47 Å². The minimum atomic E-state index is -0.223. The number of rotatable bonds is 7. The molecule has 0 amide bonds. The Hall–Kier alpha value is -1.70. The van der Waals surface area contributed by atoms with Crippen LogP contribution in [0.15, 0.2) is 29.3 Å². The largest absolute Gasteiger partial charge is 0.383 e. The number of nitrogens with zero attached hydrogens (tertiary/aromatic N) is 3. The number of hydrogen-bond acceptors (Lipinski definition) is 4. The van der Waals surface area contributed by atoms with Gasteiger partial charge >= 0.3 is 0 Å². The minimum Gasteiger partial charge on any atom is -0.383 e. The van der Waals surface area contributed by atoms with E-state index in [1.165, 1.54) is 25.0 Å². The maximum absolute atomic E-state index is 13.3. The number of nitrogens with one attached hydrogen (secondary N) is 1. The van der Waals surface area contributed by atoms with E-state index in [0.29, 0.717) is 12.6 Å². The molecule has 2 saturated heterocycles. The van der Waals surface area contributed by atoms with Gasteiger partial charge in [0.05, 0.1) is 25.8 Å². The van der Waals surface area contributed by atoms with Gasteiger partial charge in [0.25, 0.3) is 0 Å². The molecule has 2 aliphatic rings. The van der Waals surface area contributed by atoms with Crippen molar-refractivity contribution in [2.75, 3.05) is 53.0 Å². The highest BCUT2D eigenvalue weighted by Gasteiger charge is 2.29. The number of benzene rings is 1. The molecule has 0 radical (unpaired) electrons. The van der Waals surface area contributed by atoms with Crippen LogP contribution in [0.2, 0.25) is 0 Å². The lowest BCUT2D eigenvalue weighted by molar-refractivity contribution is -0.0605. The summed E-state index contributed by atoms with van der Waals surface area (Å²) in [5, 5.41) is 3.45. The summed E-state index contributed by atoms with van der Waals surface area (Å²) >= 11 is 0. The van der Waals surface area contributed by atoms with Gasteiger partial charge in [0.1, 0.15) is 11.9 Å². The second-order valence-electron chi connectivity index (χ2n) is 7.91. The summed E-state index contributed by atoms with van der Waals surface area (Å²) in [6, 6.07) is 7.09. The Morgan fingerprint density at radius 1 is 1.31 bits per heavy atom. The van der Waals surface area contributed by atoms with Gasteiger partial charge in [-0.05, 0) is 50.9 Å². The number of likely N-dealkylation sites (tertiary alicyclic amines) is 1. The molecule has 6 nitrogen and oxygen atoms in total. The average Bonchev–Trinajstić information content (AvgIpc) is 3.17. The summed E-state index contributed by atoms with van der Waals surface area (Å²) < 4.78 is 24.7. The normalized spacial score (nSPS) is 26.1. The summed E-state index contributed by atoms with van der Waals surface area (Å²) in [6.07, 6.45) is 2.40. The first-order valence-corrected chi connectivity index (χ1v) is 10.8. The van der Waals surface area contributed by atoms with Gasteiger partial charge in [0, 0.05) is 32.8 Å². The smallest absolute Gasteiger partial charge is 0.194 e. The molecule has 29 heavy (non-hydrogen) atoms. The Labute approximate surface area is 174 Å². The number of morpholine rings is 1. The number of ether oxygens (including phenoxy) is 2. The second-order valence-corrected chi connectivity index (χ2v) is 7.91. The van der Waals surface area contributed by atoms with Crippen molar-refractivity contribution in [2.45, 2.75) is 44.9 Å². The van der Waals surface area contributed by atoms with Crippen molar-refractivity contribution in [1.29, 1.82) is 0 Å². The predicted octanol–water partition coefficient (Wildman–Crippen LogP) is 2.66. The lowest BCUT2D eigenvalue weighted by Gasteiger charge is -2.39. The van der Waals surface area contributed by atoms with Gasteiger partial charge in [-0.3, -0.25) is 9.89 Å². The van der Waals surface area contributed by atoms with E-state index in [-0.39, 0.29) is 18.0 Å². The van der Waals surface area contributed by atoms with E-state index < -0.39 is 0 Å². The molecule has 0 aliphatic carbocycles. The van der Waals surface area contributed by atoms with Crippen LogP contribution in [0.3, 0.4) is 0 Å². The number of aliphatic imine (C=N–C) groups is 1. The highest BCUT2D eigenvalue weighted by molar-refractivity contribution is 5.80. The monoisotopic (exact) mass is 406 g/mol. The molecule has 0 saturated carbocycles. The Kier molecular flexibility index (Phi) is 8.27. The highest BCUT2D eigenvalue weighted by Crippen LogP contribution is 2.26. The highest BCUT2D eigenvalue weighted by atomic mass is 19.1. The molecule has 1 aromatic carbocycles. The zero-order chi connectivity index (χ0) is 20.6. The van der Waals surface area contributed by atoms with E-state index >= 15 is 0 Å². The van der Waals surface area contributed by atoms with Crippen molar-refractivity contribution in [1.82, 2.24) is 15.1 Å². The number of guanidine groups is 1. The van der Waals surface area contributed by atoms with Crippen LogP contribution >= 0.6 is 0 Å². The third-order valence-corrected chi connectivity index (χ3v) is 5.67. The molecule has 3 unspecified atom stereocenters. The molecule has 2 fully saturated rings. The fourth-order valence-electron chi connectivity index (χ4n) is 4.21. The summed E-state index contributed by atoms with van der Waals surface area (Å²) in [5.41, 5.74) is 1.00. The zero-order valence-electron chi connectivity index (χ0n) is 17.9. The zero-order valence-corrected chi connectivity index (χ0v) is 17.9. The van der Waals surface area contributed by atoms with E-state index in [9.17, 15) is 4.39 Å². The Morgan fingerprint density at radius 3 is 2.83 bits per heavy atom. The van der Waals surface area contributed by atoms with Gasteiger partial charge in [0.15, 0.2) is 5.96 Å². The molecule has 0 bridgehead atoms. The van der Waals surface area contributed by atoms with E-state index in [0.717, 1.165) is 50.9 Å². The van der Waals surface area contributed by atoms with Crippen LogP contribution < -0.4 is 5.32 Å². The average molecular weight is 407 g/mol. The van der Waals surface area contributed by atoms with E-state index in [2.05, 4.69) is 29.0 Å². The van der Waals surface area contributed by atoms with Crippen molar-refractivity contribution >= 4 is 5.96 Å². The van der Waals surface area contributed by atoms with Gasteiger partial charge in [0.2, 0.25) is 0 Å². The molecular weight excluding hydrogens is 371 g/mol. The Bertz CT molecular complexity index is 655. The molecule has 3 rings (SSSR count). The van der Waals surface area contributed by atoms with Crippen molar-refractivity contribution in [3.8, 4) is 0 Å². The first-order chi connectivity index (χ1) is 14.1. The Morgan fingerprint density at radius 2 is 2.10 bits per heavy atom. The number of halogens is 1. The van der Waals surface area contributed by atoms with Crippen LogP contribution in [-0.4, -0.2) is 80.9 Å². The third-order valence-electron chi connectivity index (χ3n) is 5.67. The molecule has 0 aromatic heterocycles. The summed E-state index contributed by atoms with van der Waals surface area (Å²) in [4.78, 5) is 9.75. The van der Waals surface area contributed by atoms with E-state index in [1.54, 1.807) is 7.11 Å². The first kappa shape index (κ1) is 22.0.